The van der Waals surface area contributed by atoms with Gasteiger partial charge < -0.3 is 20.5 Å². The summed E-state index contributed by atoms with van der Waals surface area (Å²) in [5.41, 5.74) is 2.91. The van der Waals surface area contributed by atoms with Crippen molar-refractivity contribution in [1.82, 2.24) is 5.32 Å². The number of hydrogen-bond donors (Lipinski definition) is 3. The topological polar surface area (TPSA) is 70.6 Å². The second kappa shape index (κ2) is 6.26. The third-order valence-electron chi connectivity index (χ3n) is 4.91. The minimum absolute atomic E-state index is 0.0168. The molecule has 6 heteroatoms. The van der Waals surface area contributed by atoms with Gasteiger partial charge in [0.1, 0.15) is 11.2 Å². The molecule has 0 saturated carbocycles. The van der Waals surface area contributed by atoms with Gasteiger partial charge in [0.25, 0.3) is 5.91 Å². The maximum absolute atomic E-state index is 12.7. The second-order valence-corrected chi connectivity index (χ2v) is 7.87. The first-order valence-electron chi connectivity index (χ1n) is 8.74. The standard InChI is InChI=1S/C19H22N2O3S/c1-3-24-14-9-11(5-7-13(14)22)17-20-18(23)16-12-6-4-10(2)8-15(12)25-19(16)21-17/h5,7,9-10,17,21-22H,3-4,6,8H2,1-2H3,(H,20,23)/t10-,17-/m1/s1. The Morgan fingerprint density at radius 3 is 3.00 bits per heavy atom. The summed E-state index contributed by atoms with van der Waals surface area (Å²) in [5, 5.41) is 17.3. The monoisotopic (exact) mass is 358 g/mol. The predicted octanol–water partition coefficient (Wildman–Crippen LogP) is 3.83. The highest BCUT2D eigenvalue weighted by Crippen LogP contribution is 2.43. The lowest BCUT2D eigenvalue weighted by atomic mass is 9.88. The molecule has 2 heterocycles. The average molecular weight is 358 g/mol. The molecule has 1 aromatic heterocycles. The van der Waals surface area contributed by atoms with Gasteiger partial charge in [0.15, 0.2) is 11.5 Å². The third-order valence-corrected chi connectivity index (χ3v) is 6.09. The van der Waals surface area contributed by atoms with E-state index in [0.717, 1.165) is 35.4 Å². The minimum atomic E-state index is -0.322. The number of amides is 1. The highest BCUT2D eigenvalue weighted by atomic mass is 32.1. The number of ether oxygens (including phenoxy) is 1. The largest absolute Gasteiger partial charge is 0.504 e. The fraction of sp³-hybridized carbons (Fsp3) is 0.421. The van der Waals surface area contributed by atoms with Crippen LogP contribution in [0.4, 0.5) is 5.00 Å². The van der Waals surface area contributed by atoms with E-state index in [0.29, 0.717) is 18.3 Å². The number of carbonyl (C=O) groups excluding carboxylic acids is 1. The van der Waals surface area contributed by atoms with E-state index in [-0.39, 0.29) is 17.8 Å². The van der Waals surface area contributed by atoms with Crippen LogP contribution in [-0.4, -0.2) is 17.6 Å². The average Bonchev–Trinajstić information content (AvgIpc) is 2.94. The van der Waals surface area contributed by atoms with Gasteiger partial charge in [-0.2, -0.15) is 0 Å². The Kier molecular flexibility index (Phi) is 4.07. The molecule has 4 rings (SSSR count). The van der Waals surface area contributed by atoms with Crippen LogP contribution in [0.5, 0.6) is 11.5 Å². The molecule has 1 aliphatic carbocycles. The Morgan fingerprint density at radius 1 is 1.36 bits per heavy atom. The lowest BCUT2D eigenvalue weighted by molar-refractivity contribution is 0.0935. The van der Waals surface area contributed by atoms with Crippen LogP contribution in [0.25, 0.3) is 0 Å². The fourth-order valence-electron chi connectivity index (χ4n) is 3.61. The second-order valence-electron chi connectivity index (χ2n) is 6.77. The summed E-state index contributed by atoms with van der Waals surface area (Å²) in [6.07, 6.45) is 2.86. The highest BCUT2D eigenvalue weighted by Gasteiger charge is 2.33. The molecule has 1 amide bonds. The van der Waals surface area contributed by atoms with Gasteiger partial charge in [-0.3, -0.25) is 4.79 Å². The number of benzene rings is 1. The van der Waals surface area contributed by atoms with E-state index in [1.165, 1.54) is 10.4 Å². The smallest absolute Gasteiger partial charge is 0.256 e. The van der Waals surface area contributed by atoms with E-state index in [4.69, 9.17) is 4.74 Å². The van der Waals surface area contributed by atoms with Crippen molar-refractivity contribution in [1.29, 1.82) is 0 Å². The van der Waals surface area contributed by atoms with Crippen molar-refractivity contribution in [3.63, 3.8) is 0 Å². The summed E-state index contributed by atoms with van der Waals surface area (Å²) in [6, 6.07) is 5.18. The van der Waals surface area contributed by atoms with Crippen LogP contribution < -0.4 is 15.4 Å². The van der Waals surface area contributed by atoms with Crippen molar-refractivity contribution in [3.05, 3.63) is 39.8 Å². The lowest BCUT2D eigenvalue weighted by Gasteiger charge is -2.27. The molecule has 0 radical (unpaired) electrons. The van der Waals surface area contributed by atoms with Crippen molar-refractivity contribution >= 4 is 22.2 Å². The number of hydrogen-bond acceptors (Lipinski definition) is 5. The number of fused-ring (bicyclic) bond motifs is 3. The van der Waals surface area contributed by atoms with Crippen molar-refractivity contribution in [2.75, 3.05) is 11.9 Å². The van der Waals surface area contributed by atoms with Crippen molar-refractivity contribution in [2.24, 2.45) is 5.92 Å². The van der Waals surface area contributed by atoms with Gasteiger partial charge >= 0.3 is 0 Å². The van der Waals surface area contributed by atoms with Gasteiger partial charge in [-0.05, 0) is 55.4 Å². The molecular formula is C19H22N2O3S. The van der Waals surface area contributed by atoms with Gasteiger partial charge in [-0.15, -0.1) is 11.3 Å². The maximum atomic E-state index is 12.7. The summed E-state index contributed by atoms with van der Waals surface area (Å²) in [7, 11) is 0. The first-order valence-corrected chi connectivity index (χ1v) is 9.56. The van der Waals surface area contributed by atoms with Gasteiger partial charge in [0, 0.05) is 4.88 Å². The summed E-state index contributed by atoms with van der Waals surface area (Å²) in [4.78, 5) is 14.1. The number of phenols is 1. The summed E-state index contributed by atoms with van der Waals surface area (Å²) in [5.74, 6) is 1.20. The molecular weight excluding hydrogens is 336 g/mol. The van der Waals surface area contributed by atoms with Crippen LogP contribution in [-0.2, 0) is 12.8 Å². The van der Waals surface area contributed by atoms with Gasteiger partial charge in [-0.25, -0.2) is 0 Å². The number of thiophene rings is 1. The molecule has 0 spiro atoms. The van der Waals surface area contributed by atoms with Crippen LogP contribution in [0, 0.1) is 5.92 Å². The highest BCUT2D eigenvalue weighted by molar-refractivity contribution is 7.16. The maximum Gasteiger partial charge on any atom is 0.256 e. The van der Waals surface area contributed by atoms with Crippen LogP contribution in [0.15, 0.2) is 18.2 Å². The first-order chi connectivity index (χ1) is 12.1. The Bertz CT molecular complexity index is 830. The Balaban J connectivity index is 1.66. The van der Waals surface area contributed by atoms with E-state index in [9.17, 15) is 9.90 Å². The molecule has 25 heavy (non-hydrogen) atoms. The van der Waals surface area contributed by atoms with E-state index in [2.05, 4.69) is 17.6 Å². The summed E-state index contributed by atoms with van der Waals surface area (Å²) in [6.45, 7) is 4.61. The molecule has 1 aliphatic heterocycles. The Morgan fingerprint density at radius 2 is 2.20 bits per heavy atom. The van der Waals surface area contributed by atoms with Crippen molar-refractivity contribution < 1.29 is 14.6 Å². The minimum Gasteiger partial charge on any atom is -0.504 e. The zero-order valence-corrected chi connectivity index (χ0v) is 15.2. The van der Waals surface area contributed by atoms with E-state index < -0.39 is 0 Å². The molecule has 132 valence electrons. The molecule has 3 N–H and O–H groups in total. The van der Waals surface area contributed by atoms with Crippen LogP contribution >= 0.6 is 11.3 Å². The van der Waals surface area contributed by atoms with Crippen LogP contribution in [0.1, 0.15) is 52.8 Å². The fourth-order valence-corrected chi connectivity index (χ4v) is 5.05. The molecule has 2 aromatic rings. The normalized spacial score (nSPS) is 21.8. The van der Waals surface area contributed by atoms with Gasteiger partial charge in [0.2, 0.25) is 0 Å². The lowest BCUT2D eigenvalue weighted by Crippen LogP contribution is -2.38. The quantitative estimate of drug-likeness (QED) is 0.780. The molecule has 0 fully saturated rings. The zero-order valence-electron chi connectivity index (χ0n) is 14.4. The number of carbonyl (C=O) groups is 1. The number of phenolic OH excluding ortho intramolecular Hbond substituents is 1. The first kappa shape index (κ1) is 16.3. The number of anilines is 1. The Labute approximate surface area is 151 Å². The van der Waals surface area contributed by atoms with E-state index >= 15 is 0 Å². The van der Waals surface area contributed by atoms with Crippen LogP contribution in [0.2, 0.25) is 0 Å². The molecule has 0 unspecified atom stereocenters. The summed E-state index contributed by atoms with van der Waals surface area (Å²) < 4.78 is 5.45. The molecule has 2 atom stereocenters. The third kappa shape index (κ3) is 2.84. The molecule has 2 aliphatic rings. The SMILES string of the molecule is CCOc1cc([C@@H]2NC(=O)c3c(sc4c3CC[C@@H](C)C4)N2)ccc1O. The van der Waals surface area contributed by atoms with Crippen LogP contribution in [0.3, 0.4) is 0 Å². The molecule has 0 saturated heterocycles. The van der Waals surface area contributed by atoms with E-state index in [1.54, 1.807) is 29.5 Å². The number of rotatable bonds is 3. The number of nitrogens with one attached hydrogen (secondary N) is 2. The van der Waals surface area contributed by atoms with Crippen molar-refractivity contribution in [3.8, 4) is 11.5 Å². The van der Waals surface area contributed by atoms with Gasteiger partial charge in [0.05, 0.1) is 12.2 Å². The zero-order chi connectivity index (χ0) is 17.6. The predicted molar refractivity (Wildman–Crippen MR) is 98.6 cm³/mol. The molecule has 5 nitrogen and oxygen atoms in total. The number of aromatic hydroxyl groups is 1. The Hall–Kier alpha value is -2.21. The molecule has 1 aromatic carbocycles. The van der Waals surface area contributed by atoms with E-state index in [1.807, 2.05) is 6.92 Å². The van der Waals surface area contributed by atoms with Crippen molar-refractivity contribution in [2.45, 2.75) is 39.3 Å². The summed E-state index contributed by atoms with van der Waals surface area (Å²) >= 11 is 1.71. The van der Waals surface area contributed by atoms with Gasteiger partial charge in [-0.1, -0.05) is 13.0 Å². The molecule has 0 bridgehead atoms.